The lowest BCUT2D eigenvalue weighted by Crippen LogP contribution is -2.31. The summed E-state index contributed by atoms with van der Waals surface area (Å²) < 4.78 is 89.4. The van der Waals surface area contributed by atoms with E-state index >= 15 is 0 Å². The Hall–Kier alpha value is -6.84. The van der Waals surface area contributed by atoms with Gasteiger partial charge in [-0.25, -0.2) is 0 Å². The van der Waals surface area contributed by atoms with E-state index in [0.29, 0.717) is 172 Å². The summed E-state index contributed by atoms with van der Waals surface area (Å²) in [5.74, 6) is -0.808. The number of hydrogen-bond acceptors (Lipinski definition) is 15. The zero-order valence-corrected chi connectivity index (χ0v) is 57.8. The Morgan fingerprint density at radius 1 is 0.152 bits per heavy atom. The van der Waals surface area contributed by atoms with E-state index < -0.39 is 0 Å². The quantitative estimate of drug-likeness (QED) is 0.0385. The monoisotopic (exact) mass is 1350 g/mol. The third-order valence-electron chi connectivity index (χ3n) is 16.2. The Morgan fingerprint density at radius 3 is 0.384 bits per heavy atom. The van der Waals surface area contributed by atoms with Gasteiger partial charge in [-0.15, -0.1) is 0 Å². The van der Waals surface area contributed by atoms with Crippen LogP contribution in [-0.4, -0.2) is 144 Å². The molecule has 532 valence electrons. The van der Waals surface area contributed by atoms with Crippen LogP contribution in [0.2, 0.25) is 0 Å². The van der Waals surface area contributed by atoms with E-state index in [1.165, 1.54) is 0 Å². The molecule has 0 amide bonds. The number of benzene rings is 8. The van der Waals surface area contributed by atoms with E-state index in [9.17, 15) is 5.11 Å². The molecule has 15 nitrogen and oxygen atoms in total. The van der Waals surface area contributed by atoms with E-state index in [1.54, 1.807) is 0 Å². The Morgan fingerprint density at radius 2 is 0.263 bits per heavy atom. The molecule has 0 bridgehead atoms. The minimum Gasteiger partial charge on any atom is -0.396 e. The van der Waals surface area contributed by atoms with Crippen molar-refractivity contribution in [3.05, 3.63) is 287 Å². The summed E-state index contributed by atoms with van der Waals surface area (Å²) in [6.07, 6.45) is 0. The van der Waals surface area contributed by atoms with Crippen molar-refractivity contribution in [2.24, 2.45) is 41.4 Å². The van der Waals surface area contributed by atoms with Crippen LogP contribution in [0, 0.1) is 41.4 Å². The summed E-state index contributed by atoms with van der Waals surface area (Å²) in [6.45, 7) is 11.5. The SMILES string of the molecule is OCC(COCC(COCC(COCc1ccccc1)COCc1ccccc1)COCC(COCc1ccccc1)COCc1ccccc1)COCC(COCC(COCc1ccccc1)COCc1ccccc1)COCC(COCc1ccccc1)COCc1ccccc1. The normalized spacial score (nSPS) is 11.8. The second-order valence-corrected chi connectivity index (χ2v) is 25.5. The highest BCUT2D eigenvalue weighted by molar-refractivity contribution is 5.18. The van der Waals surface area contributed by atoms with Crippen LogP contribution in [0.25, 0.3) is 0 Å². The Kier molecular flexibility index (Phi) is 39.7. The van der Waals surface area contributed by atoms with Crippen molar-refractivity contribution in [3.63, 3.8) is 0 Å². The lowest BCUT2D eigenvalue weighted by Gasteiger charge is -2.24. The fraction of sp³-hybridized carbons (Fsp3) is 0.429. The maximum Gasteiger partial charge on any atom is 0.0717 e. The standard InChI is InChI=1S/C84H106O15/c85-41-78(50-94-60-83(66-96-62-79(52-86-42-70-25-9-1-10-26-70)53-87-43-71-27-11-2-12-28-71)67-97-63-80(54-88-44-72-29-13-3-14-30-72)55-89-45-73-31-15-4-16-32-73)51-95-61-84(68-98-64-81(56-90-46-74-33-17-5-18-34-74)57-91-47-75-35-19-6-20-36-75)69-99-65-82(58-92-48-76-37-21-7-22-38-76)59-93-49-77-39-23-8-24-40-77/h1-40,78-85H,41-69H2. The molecular weight excluding hydrogens is 1250 g/mol. The van der Waals surface area contributed by atoms with Crippen molar-refractivity contribution in [1.29, 1.82) is 0 Å². The average molecular weight is 1360 g/mol. The van der Waals surface area contributed by atoms with Crippen LogP contribution in [0.4, 0.5) is 0 Å². The minimum absolute atomic E-state index is 0.0398. The second-order valence-electron chi connectivity index (χ2n) is 25.5. The molecule has 0 saturated heterocycles. The highest BCUT2D eigenvalue weighted by atomic mass is 16.5. The first-order chi connectivity index (χ1) is 49.1. The van der Waals surface area contributed by atoms with E-state index in [0.717, 1.165) is 44.5 Å². The number of ether oxygens (including phenoxy) is 14. The van der Waals surface area contributed by atoms with Gasteiger partial charge in [0.05, 0.1) is 192 Å². The number of aliphatic hydroxyl groups excluding tert-OH is 1. The molecule has 1 N–H and O–H groups in total. The molecule has 8 aromatic rings. The van der Waals surface area contributed by atoms with Gasteiger partial charge in [0, 0.05) is 41.4 Å². The predicted octanol–water partition coefficient (Wildman–Crippen LogP) is 14.1. The lowest BCUT2D eigenvalue weighted by atomic mass is 10.1. The number of aliphatic hydroxyl groups is 1. The average Bonchev–Trinajstić information content (AvgIpc) is 3.18. The van der Waals surface area contributed by atoms with Gasteiger partial charge < -0.3 is 71.4 Å². The van der Waals surface area contributed by atoms with Crippen LogP contribution in [0.1, 0.15) is 44.5 Å². The molecule has 0 spiro atoms. The highest BCUT2D eigenvalue weighted by Gasteiger charge is 2.22. The Labute approximate surface area is 588 Å². The first-order valence-corrected chi connectivity index (χ1v) is 35.1. The maximum atomic E-state index is 10.9. The molecule has 8 aromatic carbocycles. The fourth-order valence-corrected chi connectivity index (χ4v) is 10.8. The predicted molar refractivity (Wildman–Crippen MR) is 385 cm³/mol. The van der Waals surface area contributed by atoms with Crippen LogP contribution in [0.5, 0.6) is 0 Å². The third kappa shape index (κ3) is 35.4. The second kappa shape index (κ2) is 50.5. The molecule has 0 unspecified atom stereocenters. The van der Waals surface area contributed by atoms with Crippen molar-refractivity contribution in [3.8, 4) is 0 Å². The Balaban J connectivity index is 0.889. The van der Waals surface area contributed by atoms with Crippen LogP contribution in [0.15, 0.2) is 243 Å². The molecule has 0 saturated carbocycles. The molecule has 0 radical (unpaired) electrons. The minimum atomic E-state index is -0.323. The van der Waals surface area contributed by atoms with Crippen molar-refractivity contribution >= 4 is 0 Å². The van der Waals surface area contributed by atoms with Crippen molar-refractivity contribution in [1.82, 2.24) is 0 Å². The summed E-state index contributed by atoms with van der Waals surface area (Å²) in [4.78, 5) is 0. The zero-order chi connectivity index (χ0) is 68.4. The number of hydrogen-bond donors (Lipinski definition) is 1. The lowest BCUT2D eigenvalue weighted by molar-refractivity contribution is -0.0684. The maximum absolute atomic E-state index is 10.9. The summed E-state index contributed by atoms with van der Waals surface area (Å²) >= 11 is 0. The smallest absolute Gasteiger partial charge is 0.0717 e. The van der Waals surface area contributed by atoms with Crippen LogP contribution >= 0.6 is 0 Å². The van der Waals surface area contributed by atoms with Gasteiger partial charge >= 0.3 is 0 Å². The molecule has 0 aliphatic carbocycles. The molecule has 15 heteroatoms. The Bertz CT molecular complexity index is 2550. The van der Waals surface area contributed by atoms with E-state index in [1.807, 2.05) is 146 Å². The molecule has 0 heterocycles. The molecule has 0 fully saturated rings. The van der Waals surface area contributed by atoms with Gasteiger partial charge in [0.2, 0.25) is 0 Å². The van der Waals surface area contributed by atoms with Gasteiger partial charge in [0.15, 0.2) is 0 Å². The van der Waals surface area contributed by atoms with Gasteiger partial charge in [-0.1, -0.05) is 243 Å². The largest absolute Gasteiger partial charge is 0.396 e. The third-order valence-corrected chi connectivity index (χ3v) is 16.2. The molecule has 0 aliphatic rings. The first kappa shape index (κ1) is 77.9. The first-order valence-electron chi connectivity index (χ1n) is 35.1. The van der Waals surface area contributed by atoms with Crippen LogP contribution in [0.3, 0.4) is 0 Å². The molecule has 0 atom stereocenters. The topological polar surface area (TPSA) is 149 Å². The van der Waals surface area contributed by atoms with E-state index in [4.69, 9.17) is 66.3 Å². The van der Waals surface area contributed by atoms with E-state index in [-0.39, 0.29) is 61.2 Å². The summed E-state index contributed by atoms with van der Waals surface area (Å²) in [7, 11) is 0. The molecule has 99 heavy (non-hydrogen) atoms. The molecule has 8 rings (SSSR count). The summed E-state index contributed by atoms with van der Waals surface area (Å²) in [5.41, 5.74) is 8.81. The van der Waals surface area contributed by atoms with Crippen LogP contribution in [-0.2, 0) is 119 Å². The molecular formula is C84H106O15. The molecule has 0 aromatic heterocycles. The number of rotatable bonds is 57. The van der Waals surface area contributed by atoms with Gasteiger partial charge in [-0.05, 0) is 44.5 Å². The van der Waals surface area contributed by atoms with Crippen molar-refractivity contribution < 1.29 is 71.4 Å². The van der Waals surface area contributed by atoms with Gasteiger partial charge in [0.1, 0.15) is 0 Å². The van der Waals surface area contributed by atoms with Gasteiger partial charge in [-0.3, -0.25) is 0 Å². The highest BCUT2D eigenvalue weighted by Crippen LogP contribution is 2.17. The van der Waals surface area contributed by atoms with Crippen molar-refractivity contribution in [2.45, 2.75) is 52.9 Å². The van der Waals surface area contributed by atoms with Crippen LogP contribution < -0.4 is 0 Å². The summed E-state index contributed by atoms with van der Waals surface area (Å²) in [5, 5.41) is 10.9. The van der Waals surface area contributed by atoms with E-state index in [2.05, 4.69) is 97.1 Å². The van der Waals surface area contributed by atoms with Gasteiger partial charge in [0.25, 0.3) is 0 Å². The zero-order valence-electron chi connectivity index (χ0n) is 57.8. The molecule has 0 aliphatic heterocycles. The fourth-order valence-electron chi connectivity index (χ4n) is 10.8. The van der Waals surface area contributed by atoms with Gasteiger partial charge in [-0.2, -0.15) is 0 Å². The summed E-state index contributed by atoms with van der Waals surface area (Å²) in [6, 6.07) is 81.4. The van der Waals surface area contributed by atoms with Crippen molar-refractivity contribution in [2.75, 3.05) is 139 Å².